The standard InChI is InChI=1S/C30H28FN5O4/c31-24-12-19(15-32)4-5-21(24)18-40-29-3-1-2-25(34-29)20-6-9-35(10-7-20)17-28-33-26-13-22(30(37)38)14-27(26)36(28)16-23-8-11-39-23/h1-6,12-13,23H,7-11,14,16-18H2,(H,37,38). The van der Waals surface area contributed by atoms with Crippen LogP contribution < -0.4 is 4.74 Å². The monoisotopic (exact) mass is 541 g/mol. The van der Waals surface area contributed by atoms with Gasteiger partial charge in [0, 0.05) is 49.0 Å². The summed E-state index contributed by atoms with van der Waals surface area (Å²) in [7, 11) is 0. The number of aliphatic carboxylic acids is 1. The molecule has 2 aliphatic heterocycles. The van der Waals surface area contributed by atoms with E-state index in [1.54, 1.807) is 24.3 Å². The Kier molecular flexibility index (Phi) is 7.15. The second-order valence-electron chi connectivity index (χ2n) is 10.2. The summed E-state index contributed by atoms with van der Waals surface area (Å²) >= 11 is 0. The fourth-order valence-electron chi connectivity index (χ4n) is 5.21. The van der Waals surface area contributed by atoms with Crippen molar-refractivity contribution in [2.24, 2.45) is 0 Å². The molecule has 1 N–H and O–H groups in total. The topological polar surface area (TPSA) is 114 Å². The van der Waals surface area contributed by atoms with Crippen LogP contribution in [0.5, 0.6) is 5.88 Å². The molecule has 0 radical (unpaired) electrons. The zero-order chi connectivity index (χ0) is 27.6. The molecule has 3 aromatic rings. The Labute approximate surface area is 230 Å². The summed E-state index contributed by atoms with van der Waals surface area (Å²) in [6, 6.07) is 11.8. The Bertz CT molecular complexity index is 1570. The molecule has 3 aliphatic rings. The van der Waals surface area contributed by atoms with Gasteiger partial charge in [0.1, 0.15) is 18.2 Å². The summed E-state index contributed by atoms with van der Waals surface area (Å²) < 4.78 is 27.8. The second kappa shape index (κ2) is 11.0. The molecule has 6 rings (SSSR count). The zero-order valence-corrected chi connectivity index (χ0v) is 21.8. The summed E-state index contributed by atoms with van der Waals surface area (Å²) in [5.41, 5.74) is 4.66. The first-order valence-corrected chi connectivity index (χ1v) is 13.3. The molecule has 0 amide bonds. The average molecular weight is 542 g/mol. The number of nitriles is 1. The molecule has 1 aliphatic carbocycles. The van der Waals surface area contributed by atoms with E-state index >= 15 is 0 Å². The average Bonchev–Trinajstić information content (AvgIpc) is 3.49. The lowest BCUT2D eigenvalue weighted by molar-refractivity contribution is -0.132. The smallest absolute Gasteiger partial charge is 0.332 e. The molecular weight excluding hydrogens is 513 g/mol. The van der Waals surface area contributed by atoms with Crippen LogP contribution in [0, 0.1) is 17.1 Å². The van der Waals surface area contributed by atoms with Gasteiger partial charge in [-0.1, -0.05) is 18.2 Å². The molecule has 10 heteroatoms. The predicted molar refractivity (Wildman–Crippen MR) is 143 cm³/mol. The van der Waals surface area contributed by atoms with Gasteiger partial charge in [-0.25, -0.2) is 19.2 Å². The van der Waals surface area contributed by atoms with Gasteiger partial charge in [0.25, 0.3) is 0 Å². The first-order valence-electron chi connectivity index (χ1n) is 13.3. The van der Waals surface area contributed by atoms with Crippen LogP contribution in [0.15, 0.2) is 48.0 Å². The fraction of sp³-hybridized carbons (Fsp3) is 0.333. The highest BCUT2D eigenvalue weighted by atomic mass is 19.1. The molecule has 0 saturated carbocycles. The van der Waals surface area contributed by atoms with E-state index in [0.717, 1.165) is 61.0 Å². The number of carboxylic acid groups (broad SMARTS) is 1. The van der Waals surface area contributed by atoms with Crippen molar-refractivity contribution in [2.45, 2.75) is 45.1 Å². The number of ether oxygens (including phenoxy) is 2. The molecule has 0 bridgehead atoms. The van der Waals surface area contributed by atoms with E-state index in [1.165, 1.54) is 6.07 Å². The fourth-order valence-corrected chi connectivity index (χ4v) is 5.21. The third-order valence-corrected chi connectivity index (χ3v) is 7.57. The van der Waals surface area contributed by atoms with Gasteiger partial charge < -0.3 is 19.1 Å². The second-order valence-corrected chi connectivity index (χ2v) is 10.2. The van der Waals surface area contributed by atoms with Crippen molar-refractivity contribution in [3.63, 3.8) is 0 Å². The normalized spacial score (nSPS) is 18.4. The van der Waals surface area contributed by atoms with Crippen LogP contribution in [0.25, 0.3) is 11.6 Å². The van der Waals surface area contributed by atoms with Crippen molar-refractivity contribution in [1.29, 1.82) is 5.26 Å². The minimum absolute atomic E-state index is 0.0203. The zero-order valence-electron chi connectivity index (χ0n) is 21.8. The molecule has 1 atom stereocenters. The molecule has 0 spiro atoms. The van der Waals surface area contributed by atoms with Crippen LogP contribution in [0.2, 0.25) is 0 Å². The van der Waals surface area contributed by atoms with Gasteiger partial charge in [0.2, 0.25) is 5.88 Å². The highest BCUT2D eigenvalue weighted by Gasteiger charge is 2.29. The molecule has 1 unspecified atom stereocenters. The number of aromatic nitrogens is 3. The third-order valence-electron chi connectivity index (χ3n) is 7.57. The van der Waals surface area contributed by atoms with Crippen LogP contribution in [0.4, 0.5) is 4.39 Å². The Morgan fingerprint density at radius 1 is 1.27 bits per heavy atom. The largest absolute Gasteiger partial charge is 0.478 e. The van der Waals surface area contributed by atoms with E-state index in [-0.39, 0.29) is 18.3 Å². The van der Waals surface area contributed by atoms with E-state index in [9.17, 15) is 14.3 Å². The quantitative estimate of drug-likeness (QED) is 0.433. The van der Waals surface area contributed by atoms with Crippen LogP contribution in [-0.4, -0.2) is 56.3 Å². The Morgan fingerprint density at radius 2 is 2.15 bits per heavy atom. The van der Waals surface area contributed by atoms with Crippen molar-refractivity contribution in [3.8, 4) is 11.9 Å². The van der Waals surface area contributed by atoms with Crippen molar-refractivity contribution >= 4 is 17.6 Å². The van der Waals surface area contributed by atoms with Crippen LogP contribution >= 0.6 is 0 Å². The maximum absolute atomic E-state index is 14.2. The number of carboxylic acids is 1. The van der Waals surface area contributed by atoms with Gasteiger partial charge in [-0.05, 0) is 42.7 Å². The number of hydrogen-bond donors (Lipinski definition) is 1. The molecule has 1 aromatic carbocycles. The molecule has 1 saturated heterocycles. The predicted octanol–water partition coefficient (Wildman–Crippen LogP) is 3.97. The molecule has 2 aromatic heterocycles. The van der Waals surface area contributed by atoms with Crippen LogP contribution in [-0.2, 0) is 35.6 Å². The van der Waals surface area contributed by atoms with E-state index in [4.69, 9.17) is 19.7 Å². The Morgan fingerprint density at radius 3 is 2.85 bits per heavy atom. The lowest BCUT2D eigenvalue weighted by Crippen LogP contribution is -2.34. The van der Waals surface area contributed by atoms with Crippen molar-refractivity contribution in [1.82, 2.24) is 19.4 Å². The highest BCUT2D eigenvalue weighted by molar-refractivity contribution is 5.94. The van der Waals surface area contributed by atoms with E-state index in [1.807, 2.05) is 18.2 Å². The minimum Gasteiger partial charge on any atom is -0.478 e. The highest BCUT2D eigenvalue weighted by Crippen LogP contribution is 2.30. The number of hydrogen-bond acceptors (Lipinski definition) is 7. The molecule has 1 fully saturated rings. The van der Waals surface area contributed by atoms with Gasteiger partial charge in [0.05, 0.1) is 42.2 Å². The van der Waals surface area contributed by atoms with Gasteiger partial charge in [0.15, 0.2) is 0 Å². The lowest BCUT2D eigenvalue weighted by Gasteiger charge is -2.30. The van der Waals surface area contributed by atoms with Gasteiger partial charge in [-0.3, -0.25) is 4.90 Å². The summed E-state index contributed by atoms with van der Waals surface area (Å²) in [5.74, 6) is -0.0337. The first-order chi connectivity index (χ1) is 19.5. The van der Waals surface area contributed by atoms with E-state index < -0.39 is 11.8 Å². The van der Waals surface area contributed by atoms with Gasteiger partial charge in [-0.2, -0.15) is 5.26 Å². The third kappa shape index (κ3) is 5.39. The van der Waals surface area contributed by atoms with Gasteiger partial charge in [-0.15, -0.1) is 0 Å². The lowest BCUT2D eigenvalue weighted by atomic mass is 10.0. The van der Waals surface area contributed by atoms with E-state index in [0.29, 0.717) is 36.5 Å². The number of halogens is 1. The molecular formula is C30H28FN5O4. The summed E-state index contributed by atoms with van der Waals surface area (Å²) in [4.78, 5) is 23.3. The SMILES string of the molecule is N#Cc1ccc(COc2cccc(C3=CCN(Cc4nc5c(n4CC4CCO4)CC(C(=O)O)=C5)CC3)n2)c(F)c1. The molecule has 40 heavy (non-hydrogen) atoms. The summed E-state index contributed by atoms with van der Waals surface area (Å²) in [5, 5.41) is 18.3. The molecule has 9 nitrogen and oxygen atoms in total. The molecule has 4 heterocycles. The maximum atomic E-state index is 14.2. The number of benzene rings is 1. The Balaban J connectivity index is 1.11. The number of carbonyl (C=O) groups is 1. The van der Waals surface area contributed by atoms with Crippen molar-refractivity contribution in [2.75, 3.05) is 19.7 Å². The maximum Gasteiger partial charge on any atom is 0.332 e. The minimum atomic E-state index is -0.899. The molecule has 204 valence electrons. The first kappa shape index (κ1) is 25.9. The number of nitrogens with zero attached hydrogens (tertiary/aromatic N) is 5. The number of fused-ring (bicyclic) bond motifs is 1. The number of pyridine rings is 1. The Hall–Kier alpha value is -4.33. The number of rotatable bonds is 9. The van der Waals surface area contributed by atoms with Crippen molar-refractivity contribution < 1.29 is 23.8 Å². The van der Waals surface area contributed by atoms with E-state index in [2.05, 4.69) is 20.5 Å². The summed E-state index contributed by atoms with van der Waals surface area (Å²) in [6.07, 6.45) is 6.18. The van der Waals surface area contributed by atoms with Crippen LogP contribution in [0.1, 0.15) is 46.9 Å². The summed E-state index contributed by atoms with van der Waals surface area (Å²) in [6.45, 7) is 3.69. The van der Waals surface area contributed by atoms with Crippen molar-refractivity contribution in [3.05, 3.63) is 87.9 Å². The van der Waals surface area contributed by atoms with Gasteiger partial charge >= 0.3 is 5.97 Å². The van der Waals surface area contributed by atoms with Crippen LogP contribution in [0.3, 0.4) is 0 Å². The number of imidazole rings is 1.